The summed E-state index contributed by atoms with van der Waals surface area (Å²) < 4.78 is 0. The number of halogens is 1. The molecule has 0 saturated heterocycles. The van der Waals surface area contributed by atoms with E-state index in [1.807, 2.05) is 13.0 Å². The highest BCUT2D eigenvalue weighted by Gasteiger charge is 2.22. The average molecular weight is 256 g/mol. The molecule has 0 saturated carbocycles. The van der Waals surface area contributed by atoms with Crippen LogP contribution >= 0.6 is 22.9 Å². The smallest absolute Gasteiger partial charge is 0.258 e. The van der Waals surface area contributed by atoms with Gasteiger partial charge in [0.05, 0.1) is 4.92 Å². The van der Waals surface area contributed by atoms with Crippen molar-refractivity contribution in [1.82, 2.24) is 9.97 Å². The third-order valence-corrected chi connectivity index (χ3v) is 3.10. The molecule has 2 heterocycles. The maximum Gasteiger partial charge on any atom is 0.332 e. The van der Waals surface area contributed by atoms with E-state index in [4.69, 9.17) is 11.6 Å². The molecule has 0 spiro atoms. The largest absolute Gasteiger partial charge is 0.332 e. The van der Waals surface area contributed by atoms with Crippen LogP contribution in [0.2, 0.25) is 5.15 Å². The van der Waals surface area contributed by atoms with Gasteiger partial charge in [0.15, 0.2) is 5.69 Å². The normalized spacial score (nSPS) is 10.4. The van der Waals surface area contributed by atoms with Gasteiger partial charge in [0.1, 0.15) is 6.33 Å². The molecule has 0 amide bonds. The standard InChI is InChI=1S/C9H6ClN3O2S/c1-5-2-6(3-16-5)7-8(13(14)15)9(10)12-4-11-7/h2-4H,1H3. The first-order valence-electron chi connectivity index (χ1n) is 4.30. The molecule has 0 aromatic carbocycles. The predicted molar refractivity (Wildman–Crippen MR) is 61.7 cm³/mol. The van der Waals surface area contributed by atoms with E-state index < -0.39 is 4.92 Å². The molecule has 5 nitrogen and oxygen atoms in total. The Morgan fingerprint density at radius 2 is 2.25 bits per heavy atom. The number of thiophene rings is 1. The van der Waals surface area contributed by atoms with Gasteiger partial charge in [-0.15, -0.1) is 11.3 Å². The Balaban J connectivity index is 2.65. The van der Waals surface area contributed by atoms with Gasteiger partial charge in [-0.2, -0.15) is 0 Å². The van der Waals surface area contributed by atoms with Crippen LogP contribution in [0.5, 0.6) is 0 Å². The van der Waals surface area contributed by atoms with E-state index in [0.717, 1.165) is 4.88 Å². The van der Waals surface area contributed by atoms with Crippen LogP contribution in [-0.4, -0.2) is 14.9 Å². The summed E-state index contributed by atoms with van der Waals surface area (Å²) in [5, 5.41) is 12.5. The van der Waals surface area contributed by atoms with E-state index in [-0.39, 0.29) is 16.5 Å². The van der Waals surface area contributed by atoms with Gasteiger partial charge < -0.3 is 0 Å². The van der Waals surface area contributed by atoms with Crippen molar-refractivity contribution in [1.29, 1.82) is 0 Å². The SMILES string of the molecule is Cc1cc(-c2ncnc(Cl)c2[N+](=O)[O-])cs1. The number of hydrogen-bond acceptors (Lipinski definition) is 5. The molecule has 16 heavy (non-hydrogen) atoms. The predicted octanol–water partition coefficient (Wildman–Crippen LogP) is 3.08. The van der Waals surface area contributed by atoms with Crippen molar-refractivity contribution in [2.24, 2.45) is 0 Å². The van der Waals surface area contributed by atoms with Gasteiger partial charge in [0, 0.05) is 15.8 Å². The van der Waals surface area contributed by atoms with Crippen LogP contribution in [0.15, 0.2) is 17.8 Å². The second kappa shape index (κ2) is 4.15. The fourth-order valence-electron chi connectivity index (χ4n) is 1.30. The van der Waals surface area contributed by atoms with E-state index in [0.29, 0.717) is 5.56 Å². The lowest BCUT2D eigenvalue weighted by Crippen LogP contribution is -1.96. The van der Waals surface area contributed by atoms with E-state index in [2.05, 4.69) is 9.97 Å². The summed E-state index contributed by atoms with van der Waals surface area (Å²) in [6.07, 6.45) is 1.22. The lowest BCUT2D eigenvalue weighted by atomic mass is 10.2. The van der Waals surface area contributed by atoms with Gasteiger partial charge in [-0.25, -0.2) is 9.97 Å². The second-order valence-corrected chi connectivity index (χ2v) is 4.54. The van der Waals surface area contributed by atoms with E-state index >= 15 is 0 Å². The zero-order chi connectivity index (χ0) is 11.7. The van der Waals surface area contributed by atoms with Crippen molar-refractivity contribution in [2.45, 2.75) is 6.92 Å². The molecular weight excluding hydrogens is 250 g/mol. The third kappa shape index (κ3) is 1.89. The number of aromatic nitrogens is 2. The maximum atomic E-state index is 10.9. The van der Waals surface area contributed by atoms with Crippen LogP contribution in [-0.2, 0) is 0 Å². The minimum absolute atomic E-state index is 0.140. The van der Waals surface area contributed by atoms with Gasteiger partial charge in [0.25, 0.3) is 0 Å². The molecule has 2 aromatic rings. The summed E-state index contributed by atoms with van der Waals surface area (Å²) in [7, 11) is 0. The second-order valence-electron chi connectivity index (χ2n) is 3.06. The van der Waals surface area contributed by atoms with Crippen molar-refractivity contribution in [3.63, 3.8) is 0 Å². The average Bonchev–Trinajstić information content (AvgIpc) is 2.63. The van der Waals surface area contributed by atoms with Crippen LogP contribution in [0.3, 0.4) is 0 Å². The Labute approximate surface area is 99.9 Å². The highest BCUT2D eigenvalue weighted by Crippen LogP contribution is 2.34. The highest BCUT2D eigenvalue weighted by molar-refractivity contribution is 7.10. The van der Waals surface area contributed by atoms with Gasteiger partial charge in [-0.1, -0.05) is 11.6 Å². The number of aryl methyl sites for hydroxylation is 1. The number of rotatable bonds is 2. The minimum atomic E-state index is -0.565. The van der Waals surface area contributed by atoms with Crippen LogP contribution in [0.4, 0.5) is 5.69 Å². The Morgan fingerprint density at radius 1 is 1.50 bits per heavy atom. The molecule has 0 radical (unpaired) electrons. The van der Waals surface area contributed by atoms with Crippen LogP contribution in [0, 0.1) is 17.0 Å². The van der Waals surface area contributed by atoms with Crippen molar-refractivity contribution >= 4 is 28.6 Å². The Hall–Kier alpha value is -1.53. The molecule has 0 aliphatic rings. The number of hydrogen-bond donors (Lipinski definition) is 0. The molecule has 0 unspecified atom stereocenters. The molecule has 0 atom stereocenters. The van der Waals surface area contributed by atoms with Crippen LogP contribution < -0.4 is 0 Å². The maximum absolute atomic E-state index is 10.9. The fraction of sp³-hybridized carbons (Fsp3) is 0.111. The first kappa shape index (κ1) is 11.0. The molecule has 2 rings (SSSR count). The topological polar surface area (TPSA) is 68.9 Å². The first-order valence-corrected chi connectivity index (χ1v) is 5.55. The molecule has 2 aromatic heterocycles. The zero-order valence-electron chi connectivity index (χ0n) is 8.18. The summed E-state index contributed by atoms with van der Waals surface area (Å²) in [6.45, 7) is 1.92. The summed E-state index contributed by atoms with van der Waals surface area (Å²) in [5.74, 6) is 0. The van der Waals surface area contributed by atoms with Gasteiger partial charge in [-0.3, -0.25) is 10.1 Å². The highest BCUT2D eigenvalue weighted by atomic mass is 35.5. The molecular formula is C9H6ClN3O2S. The Bertz CT molecular complexity index is 555. The number of nitro groups is 1. The van der Waals surface area contributed by atoms with Gasteiger partial charge in [0.2, 0.25) is 5.15 Å². The molecule has 7 heteroatoms. The van der Waals surface area contributed by atoms with E-state index in [1.54, 1.807) is 5.38 Å². The molecule has 0 N–H and O–H groups in total. The van der Waals surface area contributed by atoms with Crippen LogP contribution in [0.1, 0.15) is 4.88 Å². The van der Waals surface area contributed by atoms with E-state index in [1.165, 1.54) is 17.7 Å². The molecule has 82 valence electrons. The fourth-order valence-corrected chi connectivity index (χ4v) is 2.19. The zero-order valence-corrected chi connectivity index (χ0v) is 9.75. The lowest BCUT2D eigenvalue weighted by molar-refractivity contribution is -0.384. The Kier molecular flexibility index (Phi) is 2.84. The summed E-state index contributed by atoms with van der Waals surface area (Å²) in [5.41, 5.74) is 0.704. The minimum Gasteiger partial charge on any atom is -0.258 e. The molecule has 0 aliphatic heterocycles. The lowest BCUT2D eigenvalue weighted by Gasteiger charge is -1.99. The molecule has 0 bridgehead atoms. The van der Waals surface area contributed by atoms with Gasteiger partial charge in [-0.05, 0) is 13.0 Å². The van der Waals surface area contributed by atoms with Crippen molar-refractivity contribution in [3.05, 3.63) is 37.9 Å². The quantitative estimate of drug-likeness (QED) is 0.470. The summed E-state index contributed by atoms with van der Waals surface area (Å²) in [4.78, 5) is 18.9. The van der Waals surface area contributed by atoms with E-state index in [9.17, 15) is 10.1 Å². The van der Waals surface area contributed by atoms with Crippen molar-refractivity contribution in [2.75, 3.05) is 0 Å². The van der Waals surface area contributed by atoms with Crippen molar-refractivity contribution in [3.8, 4) is 11.3 Å². The number of nitrogens with zero attached hydrogens (tertiary/aromatic N) is 3. The summed E-state index contributed by atoms with van der Waals surface area (Å²) in [6, 6.07) is 1.83. The van der Waals surface area contributed by atoms with Crippen LogP contribution in [0.25, 0.3) is 11.3 Å². The van der Waals surface area contributed by atoms with Crippen molar-refractivity contribution < 1.29 is 4.92 Å². The monoisotopic (exact) mass is 255 g/mol. The van der Waals surface area contributed by atoms with Gasteiger partial charge >= 0.3 is 5.69 Å². The Morgan fingerprint density at radius 3 is 2.81 bits per heavy atom. The first-order chi connectivity index (χ1) is 7.59. The third-order valence-electron chi connectivity index (χ3n) is 1.96. The summed E-state index contributed by atoms with van der Waals surface area (Å²) >= 11 is 7.19. The molecule has 0 fully saturated rings. The molecule has 0 aliphatic carbocycles.